The Kier molecular flexibility index (Phi) is 3.92. The molecule has 0 amide bonds. The van der Waals surface area contributed by atoms with Gasteiger partial charge in [-0.3, -0.25) is 0 Å². The lowest BCUT2D eigenvalue weighted by molar-refractivity contribution is 0.630. The van der Waals surface area contributed by atoms with Crippen molar-refractivity contribution in [3.05, 3.63) is 59.9 Å². The van der Waals surface area contributed by atoms with Crippen LogP contribution in [0.15, 0.2) is 48.5 Å². The van der Waals surface area contributed by atoms with Crippen LogP contribution in [0.5, 0.6) is 0 Å². The van der Waals surface area contributed by atoms with Gasteiger partial charge in [0.15, 0.2) is 5.13 Å². The third-order valence-electron chi connectivity index (χ3n) is 3.11. The fourth-order valence-electron chi connectivity index (χ4n) is 2.11. The number of nitrogens with zero attached hydrogens (tertiary/aromatic N) is 1. The highest BCUT2D eigenvalue weighted by molar-refractivity contribution is 7.22. The van der Waals surface area contributed by atoms with Crippen LogP contribution in [0.3, 0.4) is 0 Å². The Labute approximate surface area is 121 Å². The van der Waals surface area contributed by atoms with Crippen molar-refractivity contribution in [2.45, 2.75) is 12.8 Å². The first-order valence-electron chi connectivity index (χ1n) is 6.65. The SMILES string of the molecule is Fc1ccc2nc(NCCCc3ccccc3)sc2c1. The van der Waals surface area contributed by atoms with Crippen molar-refractivity contribution in [2.24, 2.45) is 0 Å². The van der Waals surface area contributed by atoms with Crippen molar-refractivity contribution < 1.29 is 4.39 Å². The maximum atomic E-state index is 13.1. The lowest BCUT2D eigenvalue weighted by Crippen LogP contribution is -2.02. The molecule has 1 N–H and O–H groups in total. The predicted molar refractivity (Wildman–Crippen MR) is 82.8 cm³/mol. The third kappa shape index (κ3) is 3.14. The molecule has 0 atom stereocenters. The van der Waals surface area contributed by atoms with E-state index in [2.05, 4.69) is 34.6 Å². The zero-order chi connectivity index (χ0) is 13.8. The first-order valence-corrected chi connectivity index (χ1v) is 7.47. The van der Waals surface area contributed by atoms with Crippen LogP contribution in [-0.4, -0.2) is 11.5 Å². The summed E-state index contributed by atoms with van der Waals surface area (Å²) in [7, 11) is 0. The zero-order valence-electron chi connectivity index (χ0n) is 11.0. The van der Waals surface area contributed by atoms with Crippen LogP contribution in [0.4, 0.5) is 9.52 Å². The summed E-state index contributed by atoms with van der Waals surface area (Å²) in [6, 6.07) is 15.1. The van der Waals surface area contributed by atoms with Gasteiger partial charge in [-0.1, -0.05) is 41.7 Å². The van der Waals surface area contributed by atoms with Gasteiger partial charge in [0.1, 0.15) is 5.82 Å². The quantitative estimate of drug-likeness (QED) is 0.699. The summed E-state index contributed by atoms with van der Waals surface area (Å²) in [6.07, 6.45) is 2.10. The number of hydrogen-bond acceptors (Lipinski definition) is 3. The fraction of sp³-hybridized carbons (Fsp3) is 0.188. The summed E-state index contributed by atoms with van der Waals surface area (Å²) in [5.41, 5.74) is 2.20. The molecular formula is C16H15FN2S. The Morgan fingerprint density at radius 3 is 2.80 bits per heavy atom. The summed E-state index contributed by atoms with van der Waals surface area (Å²) >= 11 is 1.50. The molecule has 2 aromatic carbocycles. The van der Waals surface area contributed by atoms with Crippen molar-refractivity contribution in [2.75, 3.05) is 11.9 Å². The normalized spacial score (nSPS) is 10.8. The summed E-state index contributed by atoms with van der Waals surface area (Å²) in [5.74, 6) is -0.211. The molecule has 0 aliphatic rings. The molecule has 3 aromatic rings. The van der Waals surface area contributed by atoms with Crippen molar-refractivity contribution in [1.29, 1.82) is 0 Å². The van der Waals surface area contributed by atoms with E-state index in [1.807, 2.05) is 6.07 Å². The standard InChI is InChI=1S/C16H15FN2S/c17-13-8-9-14-15(11-13)20-16(19-14)18-10-4-7-12-5-2-1-3-6-12/h1-3,5-6,8-9,11H,4,7,10H2,(H,18,19). The Balaban J connectivity index is 1.55. The van der Waals surface area contributed by atoms with E-state index in [0.29, 0.717) is 0 Å². The topological polar surface area (TPSA) is 24.9 Å². The summed E-state index contributed by atoms with van der Waals surface area (Å²) in [4.78, 5) is 4.44. The molecule has 102 valence electrons. The molecule has 0 aliphatic heterocycles. The molecule has 4 heteroatoms. The molecule has 0 radical (unpaired) electrons. The van der Waals surface area contributed by atoms with E-state index in [-0.39, 0.29) is 5.82 Å². The lowest BCUT2D eigenvalue weighted by atomic mass is 10.1. The highest BCUT2D eigenvalue weighted by Crippen LogP contribution is 2.26. The molecule has 0 bridgehead atoms. The minimum absolute atomic E-state index is 0.211. The Morgan fingerprint density at radius 1 is 1.10 bits per heavy atom. The number of anilines is 1. The first kappa shape index (κ1) is 13.1. The van der Waals surface area contributed by atoms with Gasteiger partial charge in [-0.25, -0.2) is 9.37 Å². The molecule has 0 saturated heterocycles. The van der Waals surface area contributed by atoms with Crippen LogP contribution in [-0.2, 0) is 6.42 Å². The van der Waals surface area contributed by atoms with Crippen LogP contribution in [0, 0.1) is 5.82 Å². The second-order valence-electron chi connectivity index (χ2n) is 4.65. The fourth-order valence-corrected chi connectivity index (χ4v) is 3.02. The van der Waals surface area contributed by atoms with E-state index in [0.717, 1.165) is 34.7 Å². The maximum absolute atomic E-state index is 13.1. The van der Waals surface area contributed by atoms with Crippen molar-refractivity contribution in [1.82, 2.24) is 4.98 Å². The van der Waals surface area contributed by atoms with E-state index in [1.165, 1.54) is 29.0 Å². The smallest absolute Gasteiger partial charge is 0.183 e. The molecule has 0 saturated carbocycles. The van der Waals surface area contributed by atoms with Gasteiger partial charge in [0, 0.05) is 6.54 Å². The van der Waals surface area contributed by atoms with Gasteiger partial charge in [0.25, 0.3) is 0 Å². The number of hydrogen-bond donors (Lipinski definition) is 1. The van der Waals surface area contributed by atoms with E-state index in [1.54, 1.807) is 6.07 Å². The second-order valence-corrected chi connectivity index (χ2v) is 5.68. The van der Waals surface area contributed by atoms with Gasteiger partial charge in [-0.2, -0.15) is 0 Å². The van der Waals surface area contributed by atoms with Crippen LogP contribution < -0.4 is 5.32 Å². The number of benzene rings is 2. The molecule has 1 heterocycles. The molecular weight excluding hydrogens is 271 g/mol. The number of rotatable bonds is 5. The molecule has 1 aromatic heterocycles. The van der Waals surface area contributed by atoms with Crippen LogP contribution in [0.2, 0.25) is 0 Å². The van der Waals surface area contributed by atoms with Gasteiger partial charge < -0.3 is 5.32 Å². The number of fused-ring (bicyclic) bond motifs is 1. The van der Waals surface area contributed by atoms with Gasteiger partial charge >= 0.3 is 0 Å². The maximum Gasteiger partial charge on any atom is 0.183 e. The van der Waals surface area contributed by atoms with Crippen LogP contribution in [0.1, 0.15) is 12.0 Å². The summed E-state index contributed by atoms with van der Waals surface area (Å²) in [6.45, 7) is 0.872. The number of nitrogens with one attached hydrogen (secondary N) is 1. The minimum Gasteiger partial charge on any atom is -0.361 e. The van der Waals surface area contributed by atoms with Gasteiger partial charge in [0.05, 0.1) is 10.2 Å². The Hall–Kier alpha value is -1.94. The lowest BCUT2D eigenvalue weighted by Gasteiger charge is -2.02. The molecule has 0 unspecified atom stereocenters. The summed E-state index contributed by atoms with van der Waals surface area (Å²) in [5, 5.41) is 4.17. The molecule has 0 fully saturated rings. The average molecular weight is 286 g/mol. The van der Waals surface area contributed by atoms with Gasteiger partial charge in [-0.05, 0) is 36.6 Å². The number of aryl methyl sites for hydroxylation is 1. The average Bonchev–Trinajstić information content (AvgIpc) is 2.86. The zero-order valence-corrected chi connectivity index (χ0v) is 11.8. The molecule has 0 spiro atoms. The molecule has 0 aliphatic carbocycles. The van der Waals surface area contributed by atoms with Gasteiger partial charge in [-0.15, -0.1) is 0 Å². The molecule has 20 heavy (non-hydrogen) atoms. The largest absolute Gasteiger partial charge is 0.361 e. The number of aromatic nitrogens is 1. The second kappa shape index (κ2) is 6.01. The Morgan fingerprint density at radius 2 is 1.95 bits per heavy atom. The van der Waals surface area contributed by atoms with E-state index < -0.39 is 0 Å². The van der Waals surface area contributed by atoms with E-state index in [4.69, 9.17) is 0 Å². The minimum atomic E-state index is -0.211. The van der Waals surface area contributed by atoms with Crippen LogP contribution in [0.25, 0.3) is 10.2 Å². The van der Waals surface area contributed by atoms with Crippen molar-refractivity contribution >= 4 is 26.7 Å². The number of thiazole rings is 1. The molecule has 3 rings (SSSR count). The van der Waals surface area contributed by atoms with Crippen LogP contribution >= 0.6 is 11.3 Å². The summed E-state index contributed by atoms with van der Waals surface area (Å²) < 4.78 is 14.0. The highest BCUT2D eigenvalue weighted by Gasteiger charge is 2.04. The van der Waals surface area contributed by atoms with Crippen molar-refractivity contribution in [3.8, 4) is 0 Å². The third-order valence-corrected chi connectivity index (χ3v) is 4.09. The van der Waals surface area contributed by atoms with E-state index in [9.17, 15) is 4.39 Å². The molecule has 2 nitrogen and oxygen atoms in total. The van der Waals surface area contributed by atoms with Crippen molar-refractivity contribution in [3.63, 3.8) is 0 Å². The van der Waals surface area contributed by atoms with Gasteiger partial charge in [0.2, 0.25) is 0 Å². The monoisotopic (exact) mass is 286 g/mol. The first-order chi connectivity index (χ1) is 9.81. The highest BCUT2D eigenvalue weighted by atomic mass is 32.1. The van der Waals surface area contributed by atoms with E-state index >= 15 is 0 Å². The number of halogens is 1. The predicted octanol–water partition coefficient (Wildman–Crippen LogP) is 4.48. The Bertz CT molecular complexity index is 694.